The quantitative estimate of drug-likeness (QED) is 0.720. The molecule has 3 aromatic rings. The third kappa shape index (κ3) is 4.03. The SMILES string of the molecule is O=S(=O)(Nc1ccc(-n2cncn2)cc1)c1ccc(C2CCCCC2)cc1. The van der Waals surface area contributed by atoms with Gasteiger partial charge in [-0.25, -0.2) is 18.1 Å². The second-order valence-corrected chi connectivity index (χ2v) is 8.58. The van der Waals surface area contributed by atoms with Crippen LogP contribution >= 0.6 is 0 Å². The first-order valence-corrected chi connectivity index (χ1v) is 10.7. The molecule has 2 aromatic carbocycles. The standard InChI is InChI=1S/C20H22N4O2S/c25-27(26,20-12-6-17(7-13-20)16-4-2-1-3-5-16)23-18-8-10-19(11-9-18)24-15-21-14-22-24/h6-16,23H,1-5H2. The lowest BCUT2D eigenvalue weighted by molar-refractivity contribution is 0.443. The van der Waals surface area contributed by atoms with E-state index >= 15 is 0 Å². The predicted molar refractivity (Wildman–Crippen MR) is 104 cm³/mol. The van der Waals surface area contributed by atoms with E-state index in [1.54, 1.807) is 47.4 Å². The van der Waals surface area contributed by atoms with E-state index in [0.29, 0.717) is 11.6 Å². The maximum absolute atomic E-state index is 12.7. The highest BCUT2D eigenvalue weighted by Crippen LogP contribution is 2.33. The Morgan fingerprint density at radius 1 is 0.926 bits per heavy atom. The van der Waals surface area contributed by atoms with Gasteiger partial charge in [-0.15, -0.1) is 0 Å². The normalized spacial score (nSPS) is 15.6. The molecule has 0 saturated heterocycles. The summed E-state index contributed by atoms with van der Waals surface area (Å²) < 4.78 is 29.6. The molecular weight excluding hydrogens is 360 g/mol. The molecule has 140 valence electrons. The Morgan fingerprint density at radius 3 is 2.26 bits per heavy atom. The highest BCUT2D eigenvalue weighted by Gasteiger charge is 2.18. The molecule has 0 bridgehead atoms. The minimum atomic E-state index is -3.61. The summed E-state index contributed by atoms with van der Waals surface area (Å²) in [5.74, 6) is 0.563. The van der Waals surface area contributed by atoms with Crippen LogP contribution in [-0.2, 0) is 10.0 Å². The third-order valence-corrected chi connectivity index (χ3v) is 6.47. The Balaban J connectivity index is 1.48. The van der Waals surface area contributed by atoms with Crippen LogP contribution in [0, 0.1) is 0 Å². The molecule has 27 heavy (non-hydrogen) atoms. The van der Waals surface area contributed by atoms with Crippen LogP contribution in [0.2, 0.25) is 0 Å². The van der Waals surface area contributed by atoms with Gasteiger partial charge >= 0.3 is 0 Å². The van der Waals surface area contributed by atoms with Crippen molar-refractivity contribution in [2.24, 2.45) is 0 Å². The fourth-order valence-electron chi connectivity index (χ4n) is 3.59. The van der Waals surface area contributed by atoms with Gasteiger partial charge in [-0.3, -0.25) is 4.72 Å². The Labute approximate surface area is 159 Å². The van der Waals surface area contributed by atoms with E-state index < -0.39 is 10.0 Å². The third-order valence-electron chi connectivity index (χ3n) is 5.07. The summed E-state index contributed by atoms with van der Waals surface area (Å²) in [5, 5.41) is 4.05. The summed E-state index contributed by atoms with van der Waals surface area (Å²) in [6.45, 7) is 0. The minimum Gasteiger partial charge on any atom is -0.280 e. The molecule has 0 atom stereocenters. The molecule has 1 heterocycles. The molecule has 0 radical (unpaired) electrons. The zero-order valence-corrected chi connectivity index (χ0v) is 15.8. The van der Waals surface area contributed by atoms with E-state index in [2.05, 4.69) is 14.8 Å². The summed E-state index contributed by atoms with van der Waals surface area (Å²) in [7, 11) is -3.61. The average Bonchev–Trinajstić information content (AvgIpc) is 3.24. The van der Waals surface area contributed by atoms with Crippen molar-refractivity contribution in [2.75, 3.05) is 4.72 Å². The van der Waals surface area contributed by atoms with Crippen molar-refractivity contribution in [1.82, 2.24) is 14.8 Å². The summed E-state index contributed by atoms with van der Waals surface area (Å²) in [6.07, 6.45) is 9.27. The van der Waals surface area contributed by atoms with Gasteiger partial charge in [0, 0.05) is 5.69 Å². The van der Waals surface area contributed by atoms with Crippen LogP contribution in [0.5, 0.6) is 0 Å². The van der Waals surface area contributed by atoms with Gasteiger partial charge in [0.25, 0.3) is 10.0 Å². The van der Waals surface area contributed by atoms with Gasteiger partial charge < -0.3 is 0 Å². The zero-order valence-electron chi connectivity index (χ0n) is 15.0. The second kappa shape index (κ2) is 7.52. The van der Waals surface area contributed by atoms with Crippen molar-refractivity contribution in [3.63, 3.8) is 0 Å². The molecule has 1 aliphatic carbocycles. The molecule has 0 aliphatic heterocycles. The van der Waals surface area contributed by atoms with Gasteiger partial charge in [0.05, 0.1) is 10.6 Å². The first-order chi connectivity index (χ1) is 13.1. The van der Waals surface area contributed by atoms with Crippen molar-refractivity contribution >= 4 is 15.7 Å². The molecule has 0 spiro atoms. The molecular formula is C20H22N4O2S. The van der Waals surface area contributed by atoms with Crippen LogP contribution in [0.15, 0.2) is 66.1 Å². The fraction of sp³-hybridized carbons (Fsp3) is 0.300. The zero-order chi connectivity index (χ0) is 18.7. The minimum absolute atomic E-state index is 0.280. The lowest BCUT2D eigenvalue weighted by Gasteiger charge is -2.22. The van der Waals surface area contributed by atoms with E-state index in [1.807, 2.05) is 12.1 Å². The van der Waals surface area contributed by atoms with Crippen LogP contribution in [0.1, 0.15) is 43.6 Å². The number of sulfonamides is 1. The van der Waals surface area contributed by atoms with E-state index in [-0.39, 0.29) is 4.90 Å². The van der Waals surface area contributed by atoms with Crippen LogP contribution in [-0.4, -0.2) is 23.2 Å². The Kier molecular flexibility index (Phi) is 4.94. The Hall–Kier alpha value is -2.67. The van der Waals surface area contributed by atoms with Gasteiger partial charge in [-0.1, -0.05) is 31.4 Å². The number of aromatic nitrogens is 3. The molecule has 1 saturated carbocycles. The van der Waals surface area contributed by atoms with Crippen LogP contribution < -0.4 is 4.72 Å². The Bertz CT molecular complexity index is 975. The van der Waals surface area contributed by atoms with E-state index in [9.17, 15) is 8.42 Å². The lowest BCUT2D eigenvalue weighted by Crippen LogP contribution is -2.13. The largest absolute Gasteiger partial charge is 0.280 e. The topological polar surface area (TPSA) is 76.9 Å². The van der Waals surface area contributed by atoms with Crippen molar-refractivity contribution in [3.8, 4) is 5.69 Å². The highest BCUT2D eigenvalue weighted by atomic mass is 32.2. The lowest BCUT2D eigenvalue weighted by atomic mass is 9.84. The van der Waals surface area contributed by atoms with Gasteiger partial charge in [-0.2, -0.15) is 5.10 Å². The predicted octanol–water partition coefficient (Wildman–Crippen LogP) is 4.12. The smallest absolute Gasteiger partial charge is 0.261 e. The molecule has 0 unspecified atom stereocenters. The molecule has 4 rings (SSSR count). The van der Waals surface area contributed by atoms with Gasteiger partial charge in [-0.05, 0) is 60.7 Å². The van der Waals surface area contributed by atoms with Crippen LogP contribution in [0.4, 0.5) is 5.69 Å². The second-order valence-electron chi connectivity index (χ2n) is 6.90. The molecule has 1 aromatic heterocycles. The van der Waals surface area contributed by atoms with Crippen molar-refractivity contribution in [3.05, 3.63) is 66.7 Å². The average molecular weight is 382 g/mol. The maximum Gasteiger partial charge on any atom is 0.261 e. The number of rotatable bonds is 5. The van der Waals surface area contributed by atoms with Crippen molar-refractivity contribution in [1.29, 1.82) is 0 Å². The van der Waals surface area contributed by atoms with Crippen LogP contribution in [0.3, 0.4) is 0 Å². The van der Waals surface area contributed by atoms with Gasteiger partial charge in [0.1, 0.15) is 12.7 Å². The van der Waals surface area contributed by atoms with E-state index in [0.717, 1.165) is 5.69 Å². The molecule has 6 nitrogen and oxygen atoms in total. The Morgan fingerprint density at radius 2 is 1.63 bits per heavy atom. The first kappa shape index (κ1) is 17.7. The summed E-state index contributed by atoms with van der Waals surface area (Å²) in [4.78, 5) is 4.18. The van der Waals surface area contributed by atoms with Gasteiger partial charge in [0.2, 0.25) is 0 Å². The van der Waals surface area contributed by atoms with E-state index in [4.69, 9.17) is 0 Å². The number of anilines is 1. The first-order valence-electron chi connectivity index (χ1n) is 9.20. The number of hydrogen-bond donors (Lipinski definition) is 1. The monoisotopic (exact) mass is 382 g/mol. The summed E-state index contributed by atoms with van der Waals surface area (Å²) >= 11 is 0. The maximum atomic E-state index is 12.7. The highest BCUT2D eigenvalue weighted by molar-refractivity contribution is 7.92. The number of nitrogens with zero attached hydrogens (tertiary/aromatic N) is 3. The molecule has 1 N–H and O–H groups in total. The van der Waals surface area contributed by atoms with Gasteiger partial charge in [0.15, 0.2) is 0 Å². The summed E-state index contributed by atoms with van der Waals surface area (Å²) in [6, 6.07) is 14.3. The van der Waals surface area contributed by atoms with Crippen molar-refractivity contribution in [2.45, 2.75) is 42.9 Å². The number of benzene rings is 2. The summed E-state index contributed by atoms with van der Waals surface area (Å²) in [5.41, 5.74) is 2.56. The number of nitrogens with one attached hydrogen (secondary N) is 1. The molecule has 7 heteroatoms. The molecule has 0 amide bonds. The van der Waals surface area contributed by atoms with Crippen molar-refractivity contribution < 1.29 is 8.42 Å². The number of hydrogen-bond acceptors (Lipinski definition) is 4. The fourth-order valence-corrected chi connectivity index (χ4v) is 4.65. The van der Waals surface area contributed by atoms with E-state index in [1.165, 1.54) is 44.0 Å². The van der Waals surface area contributed by atoms with Crippen LogP contribution in [0.25, 0.3) is 5.69 Å². The molecule has 1 fully saturated rings. The molecule has 1 aliphatic rings.